The molecule has 1 aromatic heterocycles. The highest BCUT2D eigenvalue weighted by Gasteiger charge is 2.43. The summed E-state index contributed by atoms with van der Waals surface area (Å²) in [7, 11) is 0. The van der Waals surface area contributed by atoms with Crippen molar-refractivity contribution < 1.29 is 27.5 Å². The number of benzene rings is 2. The third kappa shape index (κ3) is 4.09. The zero-order valence-electron chi connectivity index (χ0n) is 14.4. The number of halogens is 4. The van der Waals surface area contributed by atoms with Gasteiger partial charge in [-0.2, -0.15) is 13.2 Å². The molecule has 0 radical (unpaired) electrons. The fourth-order valence-electron chi connectivity index (χ4n) is 2.82. The van der Waals surface area contributed by atoms with Crippen LogP contribution in [0.25, 0.3) is 10.9 Å². The number of pyridine rings is 1. The predicted molar refractivity (Wildman–Crippen MR) is 98.5 cm³/mol. The number of carbonyl (C=O) groups is 2. The highest BCUT2D eigenvalue weighted by atomic mass is 35.5. The van der Waals surface area contributed by atoms with Gasteiger partial charge in [-0.25, -0.2) is 4.79 Å². The summed E-state index contributed by atoms with van der Waals surface area (Å²) < 4.78 is 43.1. The van der Waals surface area contributed by atoms with Gasteiger partial charge in [0.25, 0.3) is 5.91 Å². The van der Waals surface area contributed by atoms with E-state index < -0.39 is 40.8 Å². The Morgan fingerprint density at radius 3 is 2.34 bits per heavy atom. The van der Waals surface area contributed by atoms with E-state index in [1.54, 1.807) is 6.07 Å². The van der Waals surface area contributed by atoms with Crippen LogP contribution in [0.3, 0.4) is 0 Å². The minimum atomic E-state index is -5.31. The van der Waals surface area contributed by atoms with Crippen LogP contribution in [0.1, 0.15) is 27.7 Å². The van der Waals surface area contributed by atoms with Crippen LogP contribution in [0.2, 0.25) is 5.02 Å². The monoisotopic (exact) mass is 424 g/mol. The van der Waals surface area contributed by atoms with Gasteiger partial charge in [-0.1, -0.05) is 41.9 Å². The summed E-state index contributed by atoms with van der Waals surface area (Å²) in [6.07, 6.45) is -7.13. The Labute approximate surface area is 166 Å². The summed E-state index contributed by atoms with van der Waals surface area (Å²) in [6.45, 7) is 0. The van der Waals surface area contributed by atoms with Crippen LogP contribution < -0.4 is 11.2 Å². The number of nitrogens with two attached hydrogens (primary N) is 1. The fraction of sp³-hybridized carbons (Fsp3) is 0.105. The van der Waals surface area contributed by atoms with Crippen molar-refractivity contribution in [1.29, 1.82) is 0 Å². The van der Waals surface area contributed by atoms with Gasteiger partial charge in [-0.05, 0) is 23.8 Å². The summed E-state index contributed by atoms with van der Waals surface area (Å²) in [4.78, 5) is 39.2. The van der Waals surface area contributed by atoms with E-state index in [0.717, 1.165) is 0 Å². The van der Waals surface area contributed by atoms with E-state index in [0.29, 0.717) is 0 Å². The number of fused-ring (bicyclic) bond motifs is 1. The van der Waals surface area contributed by atoms with Crippen molar-refractivity contribution in [3.05, 3.63) is 80.6 Å². The van der Waals surface area contributed by atoms with Crippen molar-refractivity contribution in [2.24, 2.45) is 5.73 Å². The molecule has 0 saturated heterocycles. The van der Waals surface area contributed by atoms with Gasteiger partial charge in [0.1, 0.15) is 5.69 Å². The SMILES string of the molecule is NC(=O)c1[nH]c2cc(Cl)ccc2c(=O)c1C(OC(=O)C(F)(F)F)c1ccccc1. The number of alkyl halides is 3. The van der Waals surface area contributed by atoms with Crippen molar-refractivity contribution >= 4 is 34.4 Å². The standard InChI is InChI=1S/C19H12ClF3N2O4/c20-10-6-7-11-12(8-10)25-14(17(24)27)13(15(11)26)16(9-4-2-1-3-5-9)29-18(28)19(21,22)23/h1-8,16H,(H2,24,27)(H,25,26). The van der Waals surface area contributed by atoms with Gasteiger partial charge in [0.05, 0.1) is 11.1 Å². The molecule has 3 N–H and O–H groups in total. The number of carbonyl (C=O) groups excluding carboxylic acids is 2. The van der Waals surface area contributed by atoms with Gasteiger partial charge >= 0.3 is 12.1 Å². The molecule has 10 heteroatoms. The smallest absolute Gasteiger partial charge is 0.446 e. The van der Waals surface area contributed by atoms with Crippen molar-refractivity contribution in [2.75, 3.05) is 0 Å². The maximum absolute atomic E-state index is 13.1. The van der Waals surface area contributed by atoms with Crippen molar-refractivity contribution in [3.8, 4) is 0 Å². The normalized spacial score (nSPS) is 12.6. The van der Waals surface area contributed by atoms with Crippen LogP contribution in [-0.2, 0) is 9.53 Å². The number of rotatable bonds is 4. The molecule has 1 atom stereocenters. The molecular formula is C19H12ClF3N2O4. The molecule has 2 aromatic carbocycles. The molecule has 0 spiro atoms. The van der Waals surface area contributed by atoms with Gasteiger partial charge in [-0.15, -0.1) is 0 Å². The van der Waals surface area contributed by atoms with E-state index >= 15 is 0 Å². The topological polar surface area (TPSA) is 102 Å². The zero-order valence-corrected chi connectivity index (χ0v) is 15.2. The van der Waals surface area contributed by atoms with Crippen LogP contribution in [0.4, 0.5) is 13.2 Å². The Hall–Kier alpha value is -3.33. The van der Waals surface area contributed by atoms with E-state index in [9.17, 15) is 27.6 Å². The molecule has 0 aliphatic heterocycles. The van der Waals surface area contributed by atoms with Crippen LogP contribution in [0, 0.1) is 0 Å². The number of aromatic amines is 1. The number of hydrogen-bond acceptors (Lipinski definition) is 4. The third-order valence-electron chi connectivity index (χ3n) is 4.07. The average molecular weight is 425 g/mol. The first-order valence-corrected chi connectivity index (χ1v) is 8.45. The number of aromatic nitrogens is 1. The summed E-state index contributed by atoms with van der Waals surface area (Å²) in [5.74, 6) is -3.64. The van der Waals surface area contributed by atoms with Gasteiger partial charge in [0.2, 0.25) is 0 Å². The summed E-state index contributed by atoms with van der Waals surface area (Å²) in [5.41, 5.74) is 3.70. The molecule has 0 fully saturated rings. The molecule has 1 heterocycles. The van der Waals surface area contributed by atoms with Crippen LogP contribution >= 0.6 is 11.6 Å². The number of esters is 1. The molecule has 150 valence electrons. The van der Waals surface area contributed by atoms with E-state index in [-0.39, 0.29) is 21.5 Å². The van der Waals surface area contributed by atoms with Crippen LogP contribution in [-0.4, -0.2) is 23.0 Å². The second-order valence-electron chi connectivity index (χ2n) is 5.99. The first-order chi connectivity index (χ1) is 13.6. The molecule has 0 aliphatic carbocycles. The first-order valence-electron chi connectivity index (χ1n) is 8.07. The second kappa shape index (κ2) is 7.59. The lowest BCUT2D eigenvalue weighted by molar-refractivity contribution is -0.203. The van der Waals surface area contributed by atoms with Crippen molar-refractivity contribution in [1.82, 2.24) is 4.98 Å². The number of ether oxygens (including phenoxy) is 1. The fourth-order valence-corrected chi connectivity index (χ4v) is 2.99. The molecular weight excluding hydrogens is 413 g/mol. The minimum Gasteiger partial charge on any atom is -0.446 e. The van der Waals surface area contributed by atoms with Crippen LogP contribution in [0.5, 0.6) is 0 Å². The Morgan fingerprint density at radius 2 is 1.76 bits per heavy atom. The molecule has 29 heavy (non-hydrogen) atoms. The van der Waals surface area contributed by atoms with E-state index in [2.05, 4.69) is 9.72 Å². The zero-order chi connectivity index (χ0) is 21.3. The summed E-state index contributed by atoms with van der Waals surface area (Å²) in [5, 5.41) is 0.276. The number of amides is 1. The van der Waals surface area contributed by atoms with Crippen molar-refractivity contribution in [2.45, 2.75) is 12.3 Å². The molecule has 1 amide bonds. The highest BCUT2D eigenvalue weighted by molar-refractivity contribution is 6.31. The first kappa shape index (κ1) is 20.4. The highest BCUT2D eigenvalue weighted by Crippen LogP contribution is 2.30. The Bertz CT molecular complexity index is 1160. The Balaban J connectivity index is 2.32. The molecule has 3 aromatic rings. The molecule has 0 bridgehead atoms. The van der Waals surface area contributed by atoms with E-state index in [4.69, 9.17) is 17.3 Å². The van der Waals surface area contributed by atoms with Gasteiger partial charge in [0, 0.05) is 10.4 Å². The number of nitrogens with one attached hydrogen (secondary N) is 1. The lowest BCUT2D eigenvalue weighted by atomic mass is 9.97. The van der Waals surface area contributed by atoms with E-state index in [1.165, 1.54) is 42.5 Å². The molecule has 0 aliphatic rings. The molecule has 0 saturated carbocycles. The number of hydrogen-bond donors (Lipinski definition) is 2. The second-order valence-corrected chi connectivity index (χ2v) is 6.43. The lowest BCUT2D eigenvalue weighted by Crippen LogP contribution is -2.32. The lowest BCUT2D eigenvalue weighted by Gasteiger charge is -2.21. The Kier molecular flexibility index (Phi) is 5.34. The summed E-state index contributed by atoms with van der Waals surface area (Å²) >= 11 is 5.89. The number of primary amides is 1. The predicted octanol–water partition coefficient (Wildman–Crippen LogP) is 3.48. The van der Waals surface area contributed by atoms with Crippen molar-refractivity contribution in [3.63, 3.8) is 0 Å². The largest absolute Gasteiger partial charge is 0.490 e. The number of H-pyrrole nitrogens is 1. The maximum atomic E-state index is 13.1. The average Bonchev–Trinajstić information content (AvgIpc) is 2.65. The molecule has 1 unspecified atom stereocenters. The maximum Gasteiger partial charge on any atom is 0.490 e. The van der Waals surface area contributed by atoms with Crippen LogP contribution in [0.15, 0.2) is 53.3 Å². The summed E-state index contributed by atoms with van der Waals surface area (Å²) in [6, 6.07) is 11.3. The molecule has 3 rings (SSSR count). The third-order valence-corrected chi connectivity index (χ3v) is 4.30. The van der Waals surface area contributed by atoms with Gasteiger partial charge in [-0.3, -0.25) is 9.59 Å². The molecule has 6 nitrogen and oxygen atoms in total. The Morgan fingerprint density at radius 1 is 1.10 bits per heavy atom. The van der Waals surface area contributed by atoms with E-state index in [1.807, 2.05) is 0 Å². The quantitative estimate of drug-likeness (QED) is 0.626. The minimum absolute atomic E-state index is 0.0263. The van der Waals surface area contributed by atoms with Gasteiger partial charge < -0.3 is 15.5 Å². The van der Waals surface area contributed by atoms with Gasteiger partial charge in [0.15, 0.2) is 11.5 Å².